The molecule has 0 saturated carbocycles. The van der Waals surface area contributed by atoms with Gasteiger partial charge in [-0.1, -0.05) is 65.1 Å². The second-order valence-electron chi connectivity index (χ2n) is 6.77. The number of hydrogen-bond acceptors (Lipinski definition) is 2. The fourth-order valence-corrected chi connectivity index (χ4v) is 3.83. The normalized spacial score (nSPS) is 10.9. The molecule has 0 saturated heterocycles. The molecule has 0 aliphatic rings. The van der Waals surface area contributed by atoms with E-state index in [4.69, 9.17) is 34.8 Å². The van der Waals surface area contributed by atoms with E-state index in [0.29, 0.717) is 31.9 Å². The van der Waals surface area contributed by atoms with Crippen LogP contribution >= 0.6 is 34.8 Å². The topological polar surface area (TPSA) is 55.1 Å². The number of halogens is 3. The molecule has 0 aliphatic carbocycles. The highest BCUT2D eigenvalue weighted by molar-refractivity contribution is 6.42. The Morgan fingerprint density at radius 1 is 0.900 bits per heavy atom. The average molecular weight is 458 g/mol. The van der Waals surface area contributed by atoms with Crippen LogP contribution < -0.4 is 0 Å². The number of carboxylic acid groups (broad SMARTS) is 1. The number of hydrogen-bond donors (Lipinski definition) is 1. The molecule has 0 atom stereocenters. The van der Waals surface area contributed by atoms with Crippen molar-refractivity contribution in [3.63, 3.8) is 0 Å². The highest BCUT2D eigenvalue weighted by Crippen LogP contribution is 2.39. The Bertz CT molecular complexity index is 1280. The Morgan fingerprint density at radius 3 is 2.33 bits per heavy atom. The molecule has 150 valence electrons. The van der Waals surface area contributed by atoms with Crippen LogP contribution in [0.5, 0.6) is 0 Å². The van der Waals surface area contributed by atoms with Crippen molar-refractivity contribution in [1.82, 2.24) is 9.78 Å². The summed E-state index contributed by atoms with van der Waals surface area (Å²) in [5, 5.41) is 15.6. The molecule has 0 aliphatic heterocycles. The fourth-order valence-electron chi connectivity index (χ4n) is 3.34. The number of carbonyl (C=O) groups is 1. The number of rotatable bonds is 4. The summed E-state index contributed by atoms with van der Waals surface area (Å²) in [6.45, 7) is 1.96. The van der Waals surface area contributed by atoms with Crippen molar-refractivity contribution in [2.24, 2.45) is 0 Å². The maximum Gasteiger partial charge on any atom is 0.357 e. The predicted molar refractivity (Wildman–Crippen MR) is 121 cm³/mol. The molecule has 0 bridgehead atoms. The van der Waals surface area contributed by atoms with Crippen LogP contribution in [0.4, 0.5) is 0 Å². The van der Waals surface area contributed by atoms with Crippen molar-refractivity contribution in [3.8, 4) is 28.1 Å². The van der Waals surface area contributed by atoms with E-state index >= 15 is 0 Å². The fraction of sp³-hybridized carbons (Fsp3) is 0.0435. The summed E-state index contributed by atoms with van der Waals surface area (Å²) in [5.74, 6) is -1.15. The number of nitrogens with zero attached hydrogens (tertiary/aromatic N) is 2. The van der Waals surface area contributed by atoms with Gasteiger partial charge in [0.05, 0.1) is 21.4 Å². The maximum atomic E-state index is 12.1. The van der Waals surface area contributed by atoms with Gasteiger partial charge in [-0.25, -0.2) is 9.48 Å². The van der Waals surface area contributed by atoms with Gasteiger partial charge in [0.25, 0.3) is 0 Å². The molecular formula is C23H15Cl3N2O2. The molecule has 0 unspecified atom stereocenters. The molecule has 0 amide bonds. The zero-order valence-electron chi connectivity index (χ0n) is 15.7. The van der Waals surface area contributed by atoms with Gasteiger partial charge >= 0.3 is 5.97 Å². The minimum Gasteiger partial charge on any atom is -0.476 e. The molecule has 1 heterocycles. The lowest BCUT2D eigenvalue weighted by Crippen LogP contribution is -2.02. The Hall–Kier alpha value is -2.79. The first-order valence-electron chi connectivity index (χ1n) is 9.00. The molecule has 1 N–H and O–H groups in total. The van der Waals surface area contributed by atoms with E-state index in [9.17, 15) is 9.90 Å². The van der Waals surface area contributed by atoms with Crippen LogP contribution in [-0.4, -0.2) is 20.9 Å². The van der Waals surface area contributed by atoms with Crippen molar-refractivity contribution in [3.05, 3.63) is 93.1 Å². The van der Waals surface area contributed by atoms with Crippen LogP contribution in [0.15, 0.2) is 66.7 Å². The van der Waals surface area contributed by atoms with Crippen LogP contribution in [0.3, 0.4) is 0 Å². The van der Waals surface area contributed by atoms with E-state index in [-0.39, 0.29) is 5.69 Å². The number of aromatic nitrogens is 2. The first-order chi connectivity index (χ1) is 14.3. The van der Waals surface area contributed by atoms with Crippen LogP contribution in [-0.2, 0) is 0 Å². The van der Waals surface area contributed by atoms with Crippen LogP contribution in [0.25, 0.3) is 28.1 Å². The van der Waals surface area contributed by atoms with E-state index in [2.05, 4.69) is 5.10 Å². The molecule has 30 heavy (non-hydrogen) atoms. The molecule has 0 radical (unpaired) electrons. The van der Waals surface area contributed by atoms with Crippen molar-refractivity contribution in [2.75, 3.05) is 0 Å². The molecule has 4 nitrogen and oxygen atoms in total. The van der Waals surface area contributed by atoms with Crippen molar-refractivity contribution in [1.29, 1.82) is 0 Å². The molecule has 7 heteroatoms. The van der Waals surface area contributed by atoms with Crippen LogP contribution in [0.2, 0.25) is 15.1 Å². The molecule has 4 aromatic rings. The molecule has 4 rings (SSSR count). The van der Waals surface area contributed by atoms with Gasteiger partial charge in [0.1, 0.15) is 0 Å². The van der Waals surface area contributed by atoms with Gasteiger partial charge in [0.2, 0.25) is 0 Å². The zero-order valence-corrected chi connectivity index (χ0v) is 18.0. The summed E-state index contributed by atoms with van der Waals surface area (Å²) in [5.41, 5.74) is 4.01. The zero-order chi connectivity index (χ0) is 21.4. The van der Waals surface area contributed by atoms with Gasteiger partial charge < -0.3 is 5.11 Å². The number of aromatic carboxylic acids is 1. The number of benzene rings is 3. The third kappa shape index (κ3) is 3.82. The maximum absolute atomic E-state index is 12.1. The quantitative estimate of drug-likeness (QED) is 0.353. The molecule has 3 aromatic carbocycles. The molecule has 0 spiro atoms. The number of aryl methyl sites for hydroxylation is 1. The van der Waals surface area contributed by atoms with Gasteiger partial charge in [-0.15, -0.1) is 0 Å². The molecule has 1 aromatic heterocycles. The lowest BCUT2D eigenvalue weighted by Gasteiger charge is -2.12. The first kappa shape index (κ1) is 20.5. The van der Waals surface area contributed by atoms with Crippen LogP contribution in [0, 0.1) is 6.92 Å². The van der Waals surface area contributed by atoms with Crippen molar-refractivity contribution >= 4 is 40.8 Å². The van der Waals surface area contributed by atoms with Gasteiger partial charge in [-0.2, -0.15) is 5.10 Å². The highest BCUT2D eigenvalue weighted by Gasteiger charge is 2.26. The minimum atomic E-state index is -1.15. The predicted octanol–water partition coefficient (Wildman–Crippen LogP) is 7.17. The lowest BCUT2D eigenvalue weighted by molar-refractivity contribution is 0.0691. The van der Waals surface area contributed by atoms with Crippen molar-refractivity contribution < 1.29 is 9.90 Å². The Kier molecular flexibility index (Phi) is 5.56. The largest absolute Gasteiger partial charge is 0.476 e. The number of carboxylic acids is 1. The molecule has 0 fully saturated rings. The van der Waals surface area contributed by atoms with Gasteiger partial charge in [0, 0.05) is 16.1 Å². The first-order valence-corrected chi connectivity index (χ1v) is 10.1. The third-order valence-electron chi connectivity index (χ3n) is 4.64. The lowest BCUT2D eigenvalue weighted by atomic mass is 9.98. The van der Waals surface area contributed by atoms with Crippen molar-refractivity contribution in [2.45, 2.75) is 6.92 Å². The van der Waals surface area contributed by atoms with Gasteiger partial charge in [0.15, 0.2) is 5.69 Å². The van der Waals surface area contributed by atoms with Gasteiger partial charge in [-0.3, -0.25) is 0 Å². The minimum absolute atomic E-state index is 0.0927. The SMILES string of the molecule is Cc1cccc(-n2nc(C(=O)O)c(-c3ccc(Cl)c(Cl)c3)c2-c2cccc(Cl)c2)c1. The van der Waals surface area contributed by atoms with E-state index < -0.39 is 5.97 Å². The summed E-state index contributed by atoms with van der Waals surface area (Å²) in [7, 11) is 0. The monoisotopic (exact) mass is 456 g/mol. The van der Waals surface area contributed by atoms with Gasteiger partial charge in [-0.05, 0) is 54.4 Å². The molecular weight excluding hydrogens is 443 g/mol. The summed E-state index contributed by atoms with van der Waals surface area (Å²) in [4.78, 5) is 12.1. The second kappa shape index (κ2) is 8.15. The summed E-state index contributed by atoms with van der Waals surface area (Å²) >= 11 is 18.6. The standard InChI is InChI=1S/C23H15Cl3N2O2/c1-13-4-2-7-17(10-13)28-22(15-5-3-6-16(24)11-15)20(21(27-28)23(29)30)14-8-9-18(25)19(26)12-14/h2-12H,1H3,(H,29,30). The Morgan fingerprint density at radius 2 is 1.67 bits per heavy atom. The summed E-state index contributed by atoms with van der Waals surface area (Å²) in [6, 6.07) is 19.9. The summed E-state index contributed by atoms with van der Waals surface area (Å²) < 4.78 is 1.62. The highest BCUT2D eigenvalue weighted by atomic mass is 35.5. The van der Waals surface area contributed by atoms with E-state index in [0.717, 1.165) is 16.8 Å². The van der Waals surface area contributed by atoms with E-state index in [1.165, 1.54) is 0 Å². The van der Waals surface area contributed by atoms with E-state index in [1.807, 2.05) is 43.3 Å². The van der Waals surface area contributed by atoms with E-state index in [1.54, 1.807) is 35.0 Å². The Balaban J connectivity index is 2.12. The second-order valence-corrected chi connectivity index (χ2v) is 8.02. The van der Waals surface area contributed by atoms with Crippen LogP contribution in [0.1, 0.15) is 16.1 Å². The Labute approximate surface area is 188 Å². The third-order valence-corrected chi connectivity index (χ3v) is 5.61. The average Bonchev–Trinajstić information content (AvgIpc) is 3.11. The smallest absolute Gasteiger partial charge is 0.357 e. The summed E-state index contributed by atoms with van der Waals surface area (Å²) in [6.07, 6.45) is 0.